The highest BCUT2D eigenvalue weighted by molar-refractivity contribution is 5.72. The highest BCUT2D eigenvalue weighted by Crippen LogP contribution is 2.34. The number of carbonyl (C=O) groups is 1. The van der Waals surface area contributed by atoms with Gasteiger partial charge in [0.2, 0.25) is 0 Å². The van der Waals surface area contributed by atoms with Gasteiger partial charge in [-0.2, -0.15) is 13.2 Å². The number of hydrogen-bond donors (Lipinski definition) is 1. The first-order valence-electron chi connectivity index (χ1n) is 6.34. The lowest BCUT2D eigenvalue weighted by atomic mass is 9.82. The Labute approximate surface area is 119 Å². The molecule has 21 heavy (non-hydrogen) atoms. The first-order chi connectivity index (χ1) is 9.70. The third kappa shape index (κ3) is 3.87. The SMILES string of the molecule is CC1(CC(Oc2ccc(C(F)(F)F)cc2)C(=O)O)COC1. The van der Waals surface area contributed by atoms with Crippen LogP contribution < -0.4 is 4.74 Å². The fraction of sp³-hybridized carbons (Fsp3) is 0.500. The van der Waals surface area contributed by atoms with E-state index >= 15 is 0 Å². The lowest BCUT2D eigenvalue weighted by molar-refractivity contribution is -0.155. The summed E-state index contributed by atoms with van der Waals surface area (Å²) in [6, 6.07) is 3.97. The fourth-order valence-corrected chi connectivity index (χ4v) is 2.08. The molecule has 1 atom stereocenters. The minimum Gasteiger partial charge on any atom is -0.479 e. The molecule has 1 saturated heterocycles. The van der Waals surface area contributed by atoms with Crippen LogP contribution in [0.3, 0.4) is 0 Å². The number of rotatable bonds is 5. The van der Waals surface area contributed by atoms with E-state index in [4.69, 9.17) is 14.6 Å². The van der Waals surface area contributed by atoms with Crippen LogP contribution in [0.2, 0.25) is 0 Å². The molecule has 7 heteroatoms. The van der Waals surface area contributed by atoms with Crippen LogP contribution in [0, 0.1) is 5.41 Å². The molecule has 1 aromatic rings. The van der Waals surface area contributed by atoms with Crippen molar-refractivity contribution >= 4 is 5.97 Å². The van der Waals surface area contributed by atoms with Crippen molar-refractivity contribution in [3.05, 3.63) is 29.8 Å². The molecule has 2 rings (SSSR count). The van der Waals surface area contributed by atoms with E-state index in [9.17, 15) is 18.0 Å². The summed E-state index contributed by atoms with van der Waals surface area (Å²) in [5, 5.41) is 9.16. The van der Waals surface area contributed by atoms with Gasteiger partial charge in [-0.25, -0.2) is 4.79 Å². The fourth-order valence-electron chi connectivity index (χ4n) is 2.08. The Kier molecular flexibility index (Phi) is 4.13. The average Bonchev–Trinajstić information content (AvgIpc) is 2.35. The Morgan fingerprint density at radius 2 is 1.95 bits per heavy atom. The second-order valence-corrected chi connectivity index (χ2v) is 5.47. The maximum atomic E-state index is 12.4. The van der Waals surface area contributed by atoms with Gasteiger partial charge in [-0.3, -0.25) is 0 Å². The van der Waals surface area contributed by atoms with E-state index in [-0.39, 0.29) is 17.6 Å². The number of benzene rings is 1. The molecule has 0 saturated carbocycles. The van der Waals surface area contributed by atoms with Gasteiger partial charge < -0.3 is 14.6 Å². The number of carboxylic acids is 1. The molecular weight excluding hydrogens is 289 g/mol. The summed E-state index contributed by atoms with van der Waals surface area (Å²) in [4.78, 5) is 11.2. The molecule has 0 aromatic heterocycles. The molecule has 1 aliphatic heterocycles. The predicted molar refractivity (Wildman–Crippen MR) is 67.0 cm³/mol. The van der Waals surface area contributed by atoms with Crippen molar-refractivity contribution in [2.24, 2.45) is 5.41 Å². The highest BCUT2D eigenvalue weighted by atomic mass is 19.4. The zero-order chi connectivity index (χ0) is 15.7. The summed E-state index contributed by atoms with van der Waals surface area (Å²) in [5.41, 5.74) is -1.07. The Bertz CT molecular complexity index is 506. The number of hydrogen-bond acceptors (Lipinski definition) is 3. The largest absolute Gasteiger partial charge is 0.479 e. The third-order valence-electron chi connectivity index (χ3n) is 3.31. The van der Waals surface area contributed by atoms with E-state index in [0.29, 0.717) is 13.2 Å². The van der Waals surface area contributed by atoms with E-state index in [1.807, 2.05) is 6.92 Å². The zero-order valence-corrected chi connectivity index (χ0v) is 11.3. The van der Waals surface area contributed by atoms with Crippen molar-refractivity contribution in [3.63, 3.8) is 0 Å². The Morgan fingerprint density at radius 3 is 2.33 bits per heavy atom. The van der Waals surface area contributed by atoms with Crippen LogP contribution in [0.5, 0.6) is 5.75 Å². The van der Waals surface area contributed by atoms with E-state index in [1.54, 1.807) is 0 Å². The van der Waals surface area contributed by atoms with Crippen molar-refractivity contribution in [2.75, 3.05) is 13.2 Å². The summed E-state index contributed by atoms with van der Waals surface area (Å²) in [6.45, 7) is 2.78. The lowest BCUT2D eigenvalue weighted by Crippen LogP contribution is -2.45. The molecule has 0 spiro atoms. The molecule has 0 aliphatic carbocycles. The molecule has 1 aromatic carbocycles. The number of ether oxygens (including phenoxy) is 2. The molecule has 4 nitrogen and oxygen atoms in total. The summed E-state index contributed by atoms with van der Waals surface area (Å²) in [5.74, 6) is -1.05. The molecule has 1 fully saturated rings. The van der Waals surface area contributed by atoms with Crippen molar-refractivity contribution in [1.29, 1.82) is 0 Å². The van der Waals surface area contributed by atoms with Gasteiger partial charge in [-0.05, 0) is 24.3 Å². The molecule has 1 N–H and O–H groups in total. The summed E-state index contributed by atoms with van der Waals surface area (Å²) < 4.78 is 47.7. The highest BCUT2D eigenvalue weighted by Gasteiger charge is 2.39. The third-order valence-corrected chi connectivity index (χ3v) is 3.31. The van der Waals surface area contributed by atoms with Crippen molar-refractivity contribution in [3.8, 4) is 5.75 Å². The minimum absolute atomic E-state index is 0.0965. The van der Waals surface area contributed by atoms with E-state index < -0.39 is 23.8 Å². The van der Waals surface area contributed by atoms with Crippen LogP contribution in [0.25, 0.3) is 0 Å². The van der Waals surface area contributed by atoms with Crippen LogP contribution >= 0.6 is 0 Å². The van der Waals surface area contributed by atoms with Gasteiger partial charge in [0.05, 0.1) is 18.8 Å². The first kappa shape index (κ1) is 15.6. The van der Waals surface area contributed by atoms with Gasteiger partial charge in [0.1, 0.15) is 5.75 Å². The lowest BCUT2D eigenvalue weighted by Gasteiger charge is -2.39. The summed E-state index contributed by atoms with van der Waals surface area (Å²) >= 11 is 0. The standard InChI is InChI=1S/C14H15F3O4/c1-13(7-20-8-13)6-11(12(18)19)21-10-4-2-9(3-5-10)14(15,16)17/h2-5,11H,6-8H2,1H3,(H,18,19). The number of carboxylic acid groups (broad SMARTS) is 1. The first-order valence-corrected chi connectivity index (χ1v) is 6.34. The molecule has 0 radical (unpaired) electrons. The Morgan fingerprint density at radius 1 is 1.38 bits per heavy atom. The van der Waals surface area contributed by atoms with Gasteiger partial charge in [-0.15, -0.1) is 0 Å². The van der Waals surface area contributed by atoms with Gasteiger partial charge >= 0.3 is 12.1 Å². The monoisotopic (exact) mass is 304 g/mol. The van der Waals surface area contributed by atoms with Gasteiger partial charge in [0, 0.05) is 11.8 Å². The maximum Gasteiger partial charge on any atom is 0.416 e. The van der Waals surface area contributed by atoms with Crippen LogP contribution in [-0.2, 0) is 15.7 Å². The van der Waals surface area contributed by atoms with Crippen molar-refractivity contribution in [2.45, 2.75) is 25.6 Å². The molecule has 0 amide bonds. The number of aliphatic carboxylic acids is 1. The molecule has 0 bridgehead atoms. The van der Waals surface area contributed by atoms with Crippen molar-refractivity contribution in [1.82, 2.24) is 0 Å². The Hall–Kier alpha value is -1.76. The zero-order valence-electron chi connectivity index (χ0n) is 11.3. The average molecular weight is 304 g/mol. The minimum atomic E-state index is -4.43. The number of halogens is 3. The molecule has 1 unspecified atom stereocenters. The number of alkyl halides is 3. The predicted octanol–water partition coefficient (Wildman–Crippen LogP) is 2.96. The van der Waals surface area contributed by atoms with Crippen LogP contribution in [0.1, 0.15) is 18.9 Å². The molecular formula is C14H15F3O4. The smallest absolute Gasteiger partial charge is 0.416 e. The second-order valence-electron chi connectivity index (χ2n) is 5.47. The normalized spacial score (nSPS) is 18.7. The van der Waals surface area contributed by atoms with E-state index in [0.717, 1.165) is 24.3 Å². The van der Waals surface area contributed by atoms with Gasteiger partial charge in [-0.1, -0.05) is 6.92 Å². The van der Waals surface area contributed by atoms with Gasteiger partial charge in [0.25, 0.3) is 0 Å². The summed E-state index contributed by atoms with van der Waals surface area (Å²) in [6.07, 6.45) is -5.30. The van der Waals surface area contributed by atoms with Crippen LogP contribution in [-0.4, -0.2) is 30.4 Å². The topological polar surface area (TPSA) is 55.8 Å². The van der Waals surface area contributed by atoms with Crippen LogP contribution in [0.4, 0.5) is 13.2 Å². The molecule has 116 valence electrons. The van der Waals surface area contributed by atoms with E-state index in [1.165, 1.54) is 0 Å². The van der Waals surface area contributed by atoms with E-state index in [2.05, 4.69) is 0 Å². The van der Waals surface area contributed by atoms with Gasteiger partial charge in [0.15, 0.2) is 6.10 Å². The van der Waals surface area contributed by atoms with Crippen molar-refractivity contribution < 1.29 is 32.5 Å². The molecule has 1 heterocycles. The maximum absolute atomic E-state index is 12.4. The van der Waals surface area contributed by atoms with Crippen LogP contribution in [0.15, 0.2) is 24.3 Å². The quantitative estimate of drug-likeness (QED) is 0.908. The molecule has 1 aliphatic rings. The summed E-state index contributed by atoms with van der Waals surface area (Å²) in [7, 11) is 0. The Balaban J connectivity index is 2.05. The second kappa shape index (κ2) is 5.55.